The Balaban J connectivity index is 1.74. The molecular formula is C19H18ClN3O2S. The van der Waals surface area contributed by atoms with Crippen LogP contribution in [0.25, 0.3) is 10.9 Å². The summed E-state index contributed by atoms with van der Waals surface area (Å²) in [4.78, 5) is 20.5. The molecule has 1 fully saturated rings. The summed E-state index contributed by atoms with van der Waals surface area (Å²) in [5.74, 6) is -0.0312. The number of thiophene rings is 1. The highest BCUT2D eigenvalue weighted by atomic mass is 35.5. The number of hydrogen-bond acceptors (Lipinski definition) is 5. The second-order valence-electron chi connectivity index (χ2n) is 6.05. The van der Waals surface area contributed by atoms with Crippen LogP contribution >= 0.6 is 22.9 Å². The molecule has 5 nitrogen and oxygen atoms in total. The van der Waals surface area contributed by atoms with Crippen molar-refractivity contribution in [2.75, 3.05) is 31.6 Å². The average molecular weight is 388 g/mol. The van der Waals surface area contributed by atoms with Gasteiger partial charge in [0.15, 0.2) is 0 Å². The number of nitrogens with one attached hydrogen (secondary N) is 1. The van der Waals surface area contributed by atoms with Gasteiger partial charge in [0.2, 0.25) is 0 Å². The zero-order chi connectivity index (χ0) is 17.9. The number of carbonyl (C=O) groups is 1. The summed E-state index contributed by atoms with van der Waals surface area (Å²) in [6.07, 6.45) is 1.66. The lowest BCUT2D eigenvalue weighted by Gasteiger charge is -2.27. The highest BCUT2D eigenvalue weighted by Gasteiger charge is 2.23. The molecule has 0 spiro atoms. The molecule has 0 aliphatic carbocycles. The second-order valence-corrected chi connectivity index (χ2v) is 7.51. The van der Waals surface area contributed by atoms with Crippen molar-refractivity contribution in [3.05, 3.63) is 57.4 Å². The van der Waals surface area contributed by atoms with E-state index in [1.165, 1.54) is 4.88 Å². The quantitative estimate of drug-likeness (QED) is 0.734. The number of amides is 1. The molecule has 1 saturated heterocycles. The van der Waals surface area contributed by atoms with Crippen LogP contribution in [0.4, 0.5) is 5.69 Å². The molecule has 134 valence electrons. The van der Waals surface area contributed by atoms with Gasteiger partial charge in [0.1, 0.15) is 0 Å². The first-order valence-corrected chi connectivity index (χ1v) is 9.69. The minimum absolute atomic E-state index is 0.0312. The van der Waals surface area contributed by atoms with Crippen molar-refractivity contribution in [1.29, 1.82) is 0 Å². The maximum atomic E-state index is 13.1. The van der Waals surface area contributed by atoms with E-state index in [0.717, 1.165) is 16.6 Å². The van der Waals surface area contributed by atoms with Gasteiger partial charge in [-0.25, -0.2) is 0 Å². The molecule has 3 heterocycles. The number of carbonyl (C=O) groups excluding carboxylic acids is 1. The summed E-state index contributed by atoms with van der Waals surface area (Å²) in [5.41, 5.74) is 2.15. The van der Waals surface area contributed by atoms with Gasteiger partial charge >= 0.3 is 0 Å². The lowest BCUT2D eigenvalue weighted by atomic mass is 10.1. The van der Waals surface area contributed by atoms with Crippen molar-refractivity contribution < 1.29 is 9.53 Å². The maximum Gasteiger partial charge on any atom is 0.257 e. The number of halogens is 1. The predicted octanol–water partition coefficient (Wildman–Crippen LogP) is 4.03. The molecule has 0 atom stereocenters. The van der Waals surface area contributed by atoms with E-state index >= 15 is 0 Å². The monoisotopic (exact) mass is 387 g/mol. The van der Waals surface area contributed by atoms with Gasteiger partial charge in [-0.1, -0.05) is 17.7 Å². The van der Waals surface area contributed by atoms with E-state index in [1.807, 2.05) is 34.5 Å². The van der Waals surface area contributed by atoms with E-state index in [4.69, 9.17) is 16.3 Å². The first-order chi connectivity index (χ1) is 12.7. The lowest BCUT2D eigenvalue weighted by molar-refractivity contribution is 0.0303. The van der Waals surface area contributed by atoms with Crippen molar-refractivity contribution in [2.45, 2.75) is 6.54 Å². The minimum Gasteiger partial charge on any atom is -0.379 e. The van der Waals surface area contributed by atoms with E-state index in [9.17, 15) is 4.79 Å². The Morgan fingerprint density at radius 3 is 2.92 bits per heavy atom. The zero-order valence-corrected chi connectivity index (χ0v) is 15.6. The molecule has 2 aromatic heterocycles. The number of pyridine rings is 1. The Morgan fingerprint density at radius 2 is 2.15 bits per heavy atom. The fourth-order valence-electron chi connectivity index (χ4n) is 3.04. The van der Waals surface area contributed by atoms with Crippen LogP contribution in [-0.4, -0.2) is 42.1 Å². The van der Waals surface area contributed by atoms with Gasteiger partial charge in [-0.05, 0) is 29.6 Å². The fraction of sp³-hybridized carbons (Fsp3) is 0.263. The van der Waals surface area contributed by atoms with E-state index in [2.05, 4.69) is 16.4 Å². The summed E-state index contributed by atoms with van der Waals surface area (Å²) in [5, 5.41) is 6.95. The smallest absolute Gasteiger partial charge is 0.257 e. The Kier molecular flexibility index (Phi) is 5.06. The molecule has 3 aromatic rings. The largest absolute Gasteiger partial charge is 0.379 e. The summed E-state index contributed by atoms with van der Waals surface area (Å²) >= 11 is 7.88. The normalized spacial score (nSPS) is 14.6. The molecule has 1 aliphatic heterocycles. The third-order valence-corrected chi connectivity index (χ3v) is 5.49. The van der Waals surface area contributed by atoms with Gasteiger partial charge in [-0.3, -0.25) is 9.78 Å². The molecule has 0 bridgehead atoms. The van der Waals surface area contributed by atoms with Crippen molar-refractivity contribution in [3.63, 3.8) is 0 Å². The van der Waals surface area contributed by atoms with Gasteiger partial charge in [-0.2, -0.15) is 0 Å². The van der Waals surface area contributed by atoms with Gasteiger partial charge < -0.3 is 15.0 Å². The molecule has 1 aliphatic rings. The molecule has 0 saturated carbocycles. The van der Waals surface area contributed by atoms with Crippen LogP contribution in [0.2, 0.25) is 5.02 Å². The summed E-state index contributed by atoms with van der Waals surface area (Å²) in [6, 6.07) is 9.62. The number of ether oxygens (including phenoxy) is 1. The minimum atomic E-state index is -0.0312. The molecule has 26 heavy (non-hydrogen) atoms. The second kappa shape index (κ2) is 7.61. The zero-order valence-electron chi connectivity index (χ0n) is 14.1. The van der Waals surface area contributed by atoms with E-state index in [-0.39, 0.29) is 5.91 Å². The topological polar surface area (TPSA) is 54.5 Å². The van der Waals surface area contributed by atoms with Crippen LogP contribution in [0.1, 0.15) is 15.2 Å². The number of anilines is 1. The Hall–Kier alpha value is -2.15. The molecule has 1 N–H and O–H groups in total. The van der Waals surface area contributed by atoms with Crippen molar-refractivity contribution in [1.82, 2.24) is 9.88 Å². The summed E-state index contributed by atoms with van der Waals surface area (Å²) in [6.45, 7) is 2.97. The predicted molar refractivity (Wildman–Crippen MR) is 105 cm³/mol. The highest BCUT2D eigenvalue weighted by molar-refractivity contribution is 7.09. The summed E-state index contributed by atoms with van der Waals surface area (Å²) < 4.78 is 5.36. The van der Waals surface area contributed by atoms with E-state index in [1.54, 1.807) is 17.5 Å². The number of aromatic nitrogens is 1. The molecule has 1 aromatic carbocycles. The third kappa shape index (κ3) is 3.53. The molecule has 7 heteroatoms. The highest BCUT2D eigenvalue weighted by Crippen LogP contribution is 2.30. The maximum absolute atomic E-state index is 13.1. The van der Waals surface area contributed by atoms with Crippen molar-refractivity contribution >= 4 is 45.4 Å². The first-order valence-electron chi connectivity index (χ1n) is 8.44. The van der Waals surface area contributed by atoms with E-state index < -0.39 is 0 Å². The number of nitrogens with zero attached hydrogens (tertiary/aromatic N) is 2. The molecule has 0 unspecified atom stereocenters. The first kappa shape index (κ1) is 17.3. The Morgan fingerprint density at radius 1 is 1.31 bits per heavy atom. The molecular weight excluding hydrogens is 370 g/mol. The van der Waals surface area contributed by atoms with Crippen molar-refractivity contribution in [2.24, 2.45) is 0 Å². The molecule has 0 radical (unpaired) electrons. The number of rotatable bonds is 4. The Bertz CT molecular complexity index is 924. The SMILES string of the molecule is O=C(c1cnc2ccc(Cl)cc2c1NCc1cccs1)N1CCOCC1. The lowest BCUT2D eigenvalue weighted by Crippen LogP contribution is -2.41. The third-order valence-electron chi connectivity index (χ3n) is 4.38. The van der Waals surface area contributed by atoms with Crippen molar-refractivity contribution in [3.8, 4) is 0 Å². The molecule has 1 amide bonds. The Labute approximate surface area is 160 Å². The van der Waals surface area contributed by atoms with Crippen LogP contribution in [0, 0.1) is 0 Å². The van der Waals surface area contributed by atoms with Crippen LogP contribution < -0.4 is 5.32 Å². The van der Waals surface area contributed by atoms with Gasteiger partial charge in [0, 0.05) is 41.1 Å². The number of hydrogen-bond donors (Lipinski definition) is 1. The van der Waals surface area contributed by atoms with Crippen LogP contribution in [0.5, 0.6) is 0 Å². The average Bonchev–Trinajstić information content (AvgIpc) is 3.19. The van der Waals surface area contributed by atoms with Crippen LogP contribution in [0.3, 0.4) is 0 Å². The van der Waals surface area contributed by atoms with Crippen LogP contribution in [-0.2, 0) is 11.3 Å². The number of benzene rings is 1. The van der Waals surface area contributed by atoms with E-state index in [0.29, 0.717) is 43.4 Å². The fourth-order valence-corrected chi connectivity index (χ4v) is 3.86. The number of fused-ring (bicyclic) bond motifs is 1. The van der Waals surface area contributed by atoms with Gasteiger partial charge in [0.05, 0.1) is 30.0 Å². The molecule has 4 rings (SSSR count). The van der Waals surface area contributed by atoms with Gasteiger partial charge in [-0.15, -0.1) is 11.3 Å². The summed E-state index contributed by atoms with van der Waals surface area (Å²) in [7, 11) is 0. The standard InChI is InChI=1S/C19H18ClN3O2S/c20-13-3-4-17-15(10-13)18(22-11-14-2-1-9-26-14)16(12-21-17)19(24)23-5-7-25-8-6-23/h1-4,9-10,12H,5-8,11H2,(H,21,22). The van der Waals surface area contributed by atoms with Crippen LogP contribution in [0.15, 0.2) is 41.9 Å². The number of morpholine rings is 1. The van der Waals surface area contributed by atoms with Gasteiger partial charge in [0.25, 0.3) is 5.91 Å².